The predicted molar refractivity (Wildman–Crippen MR) is 96.7 cm³/mol. The Morgan fingerprint density at radius 2 is 1.96 bits per heavy atom. The van der Waals surface area contributed by atoms with Gasteiger partial charge in [-0.3, -0.25) is 0 Å². The highest BCUT2D eigenvalue weighted by Gasteiger charge is 2.24. The van der Waals surface area contributed by atoms with Gasteiger partial charge in [0.05, 0.1) is 6.61 Å². The minimum Gasteiger partial charge on any atom is -0.465 e. The highest BCUT2D eigenvalue weighted by Crippen LogP contribution is 2.27. The fourth-order valence-electron chi connectivity index (χ4n) is 2.88. The molecule has 0 fully saturated rings. The van der Waals surface area contributed by atoms with Gasteiger partial charge in [0.15, 0.2) is 0 Å². The first-order chi connectivity index (χ1) is 10.7. The summed E-state index contributed by atoms with van der Waals surface area (Å²) in [4.78, 5) is 12.3. The number of benzene rings is 1. The van der Waals surface area contributed by atoms with E-state index in [4.69, 9.17) is 16.3 Å². The zero-order valence-corrected chi connectivity index (χ0v) is 15.7. The van der Waals surface area contributed by atoms with Crippen molar-refractivity contribution in [1.82, 2.24) is 5.32 Å². The summed E-state index contributed by atoms with van der Waals surface area (Å²) < 4.78 is 5.19. The molecule has 0 saturated heterocycles. The number of ether oxygens (including phenoxy) is 1. The Morgan fingerprint density at radius 3 is 2.52 bits per heavy atom. The van der Waals surface area contributed by atoms with Crippen molar-refractivity contribution in [2.45, 2.75) is 53.5 Å². The number of halogens is 1. The summed E-state index contributed by atoms with van der Waals surface area (Å²) in [5.74, 6) is 0.320. The van der Waals surface area contributed by atoms with Crippen LogP contribution in [0.25, 0.3) is 0 Å². The molecular formula is C19H30ClNO2. The fraction of sp³-hybridized carbons (Fsp3) is 0.632. The second-order valence-corrected chi connectivity index (χ2v) is 7.73. The Hall–Kier alpha value is -1.06. The first-order valence-corrected chi connectivity index (χ1v) is 8.77. The lowest BCUT2D eigenvalue weighted by atomic mass is 9.84. The van der Waals surface area contributed by atoms with Crippen molar-refractivity contribution in [3.05, 3.63) is 34.9 Å². The third-order valence-corrected chi connectivity index (χ3v) is 4.03. The molecule has 0 aliphatic rings. The molecule has 130 valence electrons. The Kier molecular flexibility index (Phi) is 8.07. The van der Waals surface area contributed by atoms with Gasteiger partial charge < -0.3 is 10.1 Å². The summed E-state index contributed by atoms with van der Waals surface area (Å²) in [5, 5.41) is 3.90. The maximum absolute atomic E-state index is 12.3. The van der Waals surface area contributed by atoms with Crippen LogP contribution in [-0.2, 0) is 9.53 Å². The second kappa shape index (κ2) is 9.29. The van der Waals surface area contributed by atoms with E-state index < -0.39 is 6.04 Å². The highest BCUT2D eigenvalue weighted by molar-refractivity contribution is 6.31. The third kappa shape index (κ3) is 7.36. The molecule has 0 aliphatic carbocycles. The SMILES string of the molecule is CCOC(=O)[C@@H](NCC[C@H](C)CC(C)(C)C)c1ccccc1Cl. The van der Waals surface area contributed by atoms with Crippen molar-refractivity contribution in [3.63, 3.8) is 0 Å². The summed E-state index contributed by atoms with van der Waals surface area (Å²) in [6.45, 7) is 11.9. The molecule has 3 nitrogen and oxygen atoms in total. The Bertz CT molecular complexity index is 496. The van der Waals surface area contributed by atoms with Gasteiger partial charge in [-0.1, -0.05) is 57.5 Å². The molecule has 0 bridgehead atoms. The van der Waals surface area contributed by atoms with E-state index in [1.807, 2.05) is 25.1 Å². The van der Waals surface area contributed by atoms with Gasteiger partial charge in [-0.25, -0.2) is 4.79 Å². The molecule has 23 heavy (non-hydrogen) atoms. The van der Waals surface area contributed by atoms with Crippen molar-refractivity contribution in [2.75, 3.05) is 13.2 Å². The maximum Gasteiger partial charge on any atom is 0.327 e. The quantitative estimate of drug-likeness (QED) is 0.677. The van der Waals surface area contributed by atoms with E-state index in [1.54, 1.807) is 6.07 Å². The van der Waals surface area contributed by atoms with Crippen molar-refractivity contribution < 1.29 is 9.53 Å². The number of carbonyl (C=O) groups excluding carboxylic acids is 1. The average molecular weight is 340 g/mol. The molecular weight excluding hydrogens is 310 g/mol. The minimum atomic E-state index is -0.509. The smallest absolute Gasteiger partial charge is 0.327 e. The monoisotopic (exact) mass is 339 g/mol. The van der Waals surface area contributed by atoms with Gasteiger partial charge in [-0.15, -0.1) is 0 Å². The summed E-state index contributed by atoms with van der Waals surface area (Å²) in [7, 11) is 0. The topological polar surface area (TPSA) is 38.3 Å². The van der Waals surface area contributed by atoms with Gasteiger partial charge in [-0.05, 0) is 49.3 Å². The summed E-state index contributed by atoms with van der Waals surface area (Å²) in [6, 6.07) is 6.91. The first kappa shape index (κ1) is 20.0. The van der Waals surface area contributed by atoms with E-state index in [-0.39, 0.29) is 5.97 Å². The maximum atomic E-state index is 12.3. The van der Waals surface area contributed by atoms with E-state index in [0.717, 1.165) is 24.9 Å². The van der Waals surface area contributed by atoms with Gasteiger partial charge >= 0.3 is 5.97 Å². The molecule has 1 aromatic rings. The van der Waals surface area contributed by atoms with E-state index in [1.165, 1.54) is 0 Å². The van der Waals surface area contributed by atoms with E-state index >= 15 is 0 Å². The number of hydrogen-bond acceptors (Lipinski definition) is 3. The number of esters is 1. The zero-order valence-electron chi connectivity index (χ0n) is 15.0. The lowest BCUT2D eigenvalue weighted by molar-refractivity contribution is -0.145. The highest BCUT2D eigenvalue weighted by atomic mass is 35.5. The molecule has 0 spiro atoms. The van der Waals surface area contributed by atoms with Crippen LogP contribution in [0.15, 0.2) is 24.3 Å². The standard InChI is InChI=1S/C19H30ClNO2/c1-6-23-18(22)17(15-9-7-8-10-16(15)20)21-12-11-14(2)13-19(3,4)5/h7-10,14,17,21H,6,11-13H2,1-5H3/t14-,17-/m0/s1. The lowest BCUT2D eigenvalue weighted by Crippen LogP contribution is -2.32. The molecule has 2 atom stereocenters. The Balaban J connectivity index is 2.68. The van der Waals surface area contributed by atoms with Crippen molar-refractivity contribution in [2.24, 2.45) is 11.3 Å². The van der Waals surface area contributed by atoms with Crippen LogP contribution in [0.2, 0.25) is 5.02 Å². The normalized spacial score (nSPS) is 14.3. The van der Waals surface area contributed by atoms with Crippen molar-refractivity contribution >= 4 is 17.6 Å². The lowest BCUT2D eigenvalue weighted by Gasteiger charge is -2.24. The minimum absolute atomic E-state index is 0.274. The number of rotatable bonds is 8. The van der Waals surface area contributed by atoms with Crippen LogP contribution < -0.4 is 5.32 Å². The first-order valence-electron chi connectivity index (χ1n) is 8.39. The number of nitrogens with one attached hydrogen (secondary N) is 1. The average Bonchev–Trinajstić information content (AvgIpc) is 2.43. The van der Waals surface area contributed by atoms with Crippen LogP contribution in [-0.4, -0.2) is 19.1 Å². The molecule has 0 amide bonds. The molecule has 1 rings (SSSR count). The van der Waals surface area contributed by atoms with E-state index in [0.29, 0.717) is 23.0 Å². The van der Waals surface area contributed by atoms with Gasteiger partial charge in [0.2, 0.25) is 0 Å². The predicted octanol–water partition coefficient (Wildman–Crippen LogP) is 5.00. The second-order valence-electron chi connectivity index (χ2n) is 7.32. The van der Waals surface area contributed by atoms with E-state index in [2.05, 4.69) is 33.0 Å². The van der Waals surface area contributed by atoms with Crippen LogP contribution in [0.5, 0.6) is 0 Å². The molecule has 0 radical (unpaired) electrons. The molecule has 0 aromatic heterocycles. The summed E-state index contributed by atoms with van der Waals surface area (Å²) in [6.07, 6.45) is 2.17. The van der Waals surface area contributed by atoms with Gasteiger partial charge in [-0.2, -0.15) is 0 Å². The van der Waals surface area contributed by atoms with Crippen LogP contribution >= 0.6 is 11.6 Å². The van der Waals surface area contributed by atoms with Crippen molar-refractivity contribution in [3.8, 4) is 0 Å². The van der Waals surface area contributed by atoms with Gasteiger partial charge in [0, 0.05) is 5.02 Å². The van der Waals surface area contributed by atoms with Crippen LogP contribution in [0.4, 0.5) is 0 Å². The molecule has 0 aliphatic heterocycles. The fourth-order valence-corrected chi connectivity index (χ4v) is 3.12. The Morgan fingerprint density at radius 1 is 1.30 bits per heavy atom. The summed E-state index contributed by atoms with van der Waals surface area (Å²) >= 11 is 6.24. The largest absolute Gasteiger partial charge is 0.465 e. The molecule has 0 heterocycles. The zero-order chi connectivity index (χ0) is 17.5. The molecule has 1 N–H and O–H groups in total. The van der Waals surface area contributed by atoms with Crippen LogP contribution in [0.1, 0.15) is 59.1 Å². The van der Waals surface area contributed by atoms with E-state index in [9.17, 15) is 4.79 Å². The van der Waals surface area contributed by atoms with Gasteiger partial charge in [0.25, 0.3) is 0 Å². The summed E-state index contributed by atoms with van der Waals surface area (Å²) in [5.41, 5.74) is 1.10. The van der Waals surface area contributed by atoms with Crippen molar-refractivity contribution in [1.29, 1.82) is 0 Å². The van der Waals surface area contributed by atoms with Crippen LogP contribution in [0, 0.1) is 11.3 Å². The molecule has 4 heteroatoms. The molecule has 0 saturated carbocycles. The molecule has 0 unspecified atom stereocenters. The van der Waals surface area contributed by atoms with Crippen LogP contribution in [0.3, 0.4) is 0 Å². The third-order valence-electron chi connectivity index (χ3n) is 3.68. The number of hydrogen-bond donors (Lipinski definition) is 1. The number of carbonyl (C=O) groups is 1. The Labute approximate surface area is 145 Å². The van der Waals surface area contributed by atoms with Gasteiger partial charge in [0.1, 0.15) is 6.04 Å². The molecule has 1 aromatic carbocycles.